The average molecular weight is 562 g/mol. The van der Waals surface area contributed by atoms with Gasteiger partial charge in [0.25, 0.3) is 5.56 Å². The van der Waals surface area contributed by atoms with E-state index in [4.69, 9.17) is 16.9 Å². The molecule has 2 aromatic carbocycles. The Morgan fingerprint density at radius 3 is 2.20 bits per heavy atom. The molecule has 9 nitrogen and oxygen atoms in total. The second-order valence-corrected chi connectivity index (χ2v) is 11.6. The molecule has 2 atom stereocenters. The number of aromatic nitrogens is 2. The number of nitrogens with one attached hydrogen (secondary N) is 2. The van der Waals surface area contributed by atoms with Crippen molar-refractivity contribution in [1.29, 1.82) is 5.26 Å². The number of carbonyl (C=O) groups is 2. The summed E-state index contributed by atoms with van der Waals surface area (Å²) in [6, 6.07) is 11.7. The number of benzene rings is 2. The first-order valence-corrected chi connectivity index (χ1v) is 14.1. The van der Waals surface area contributed by atoms with Gasteiger partial charge < -0.3 is 10.6 Å². The van der Waals surface area contributed by atoms with Crippen molar-refractivity contribution in [1.82, 2.24) is 9.13 Å². The van der Waals surface area contributed by atoms with Gasteiger partial charge in [-0.25, -0.2) is 4.79 Å². The molecule has 2 aliphatic carbocycles. The van der Waals surface area contributed by atoms with Crippen LogP contribution >= 0.6 is 11.6 Å². The van der Waals surface area contributed by atoms with Crippen LogP contribution in [0.25, 0.3) is 10.9 Å². The summed E-state index contributed by atoms with van der Waals surface area (Å²) in [5.41, 5.74) is 1.23. The molecule has 2 saturated carbocycles. The third kappa shape index (κ3) is 5.68. The Labute approximate surface area is 236 Å². The van der Waals surface area contributed by atoms with E-state index in [0.29, 0.717) is 59.6 Å². The first kappa shape index (κ1) is 27.7. The highest BCUT2D eigenvalue weighted by Crippen LogP contribution is 2.32. The topological polar surface area (TPSA) is 126 Å². The lowest BCUT2D eigenvalue weighted by atomic mass is 9.80. The first-order valence-electron chi connectivity index (χ1n) is 13.8. The molecule has 5 rings (SSSR count). The number of halogens is 1. The second-order valence-electron chi connectivity index (χ2n) is 11.2. The number of rotatable bonds is 7. The lowest BCUT2D eigenvalue weighted by molar-refractivity contribution is -0.124. The summed E-state index contributed by atoms with van der Waals surface area (Å²) in [4.78, 5) is 52.7. The molecule has 2 N–H and O–H groups in total. The van der Waals surface area contributed by atoms with E-state index >= 15 is 0 Å². The fourth-order valence-electron chi connectivity index (χ4n) is 5.52. The van der Waals surface area contributed by atoms with E-state index in [-0.39, 0.29) is 46.0 Å². The Morgan fingerprint density at radius 2 is 1.62 bits per heavy atom. The highest BCUT2D eigenvalue weighted by Gasteiger charge is 2.32. The molecule has 208 valence electrons. The van der Waals surface area contributed by atoms with E-state index in [1.165, 1.54) is 4.57 Å². The molecular weight excluding hydrogens is 530 g/mol. The van der Waals surface area contributed by atoms with Gasteiger partial charge >= 0.3 is 5.69 Å². The van der Waals surface area contributed by atoms with Crippen LogP contribution in [0, 0.1) is 29.1 Å². The SMILES string of the molecule is CC(C)n1c(=O)n(CC2CC2)c(=O)c2cc(NC(=O)C3CCCC(C(=O)Nc4ccc(C#N)c(Cl)c4)C3)ccc21. The molecule has 0 saturated heterocycles. The lowest BCUT2D eigenvalue weighted by Gasteiger charge is -2.27. The van der Waals surface area contributed by atoms with Gasteiger partial charge in [-0.05, 0) is 88.3 Å². The van der Waals surface area contributed by atoms with Crippen molar-refractivity contribution in [2.45, 2.75) is 65.0 Å². The van der Waals surface area contributed by atoms with Crippen molar-refractivity contribution in [3.05, 3.63) is 67.8 Å². The molecule has 10 heteroatoms. The number of amides is 2. The van der Waals surface area contributed by atoms with Crippen molar-refractivity contribution < 1.29 is 9.59 Å². The number of nitriles is 1. The van der Waals surface area contributed by atoms with Gasteiger partial charge in [0.1, 0.15) is 6.07 Å². The number of nitrogens with zero attached hydrogens (tertiary/aromatic N) is 3. The smallest absolute Gasteiger partial charge is 0.326 e. The Balaban J connectivity index is 1.32. The minimum absolute atomic E-state index is 0.132. The van der Waals surface area contributed by atoms with E-state index in [0.717, 1.165) is 19.3 Å². The molecular formula is C30H32ClN5O4. The van der Waals surface area contributed by atoms with Gasteiger partial charge in [-0.15, -0.1) is 0 Å². The number of anilines is 2. The number of fused-ring (bicyclic) bond motifs is 1. The second kappa shape index (κ2) is 11.3. The van der Waals surface area contributed by atoms with Crippen molar-refractivity contribution >= 4 is 45.7 Å². The summed E-state index contributed by atoms with van der Waals surface area (Å²) >= 11 is 6.09. The molecule has 0 spiro atoms. The van der Waals surface area contributed by atoms with E-state index in [2.05, 4.69) is 10.6 Å². The summed E-state index contributed by atoms with van der Waals surface area (Å²) in [7, 11) is 0. The molecule has 0 aliphatic heterocycles. The third-order valence-electron chi connectivity index (χ3n) is 7.86. The monoisotopic (exact) mass is 561 g/mol. The molecule has 1 aromatic heterocycles. The highest BCUT2D eigenvalue weighted by molar-refractivity contribution is 6.32. The van der Waals surface area contributed by atoms with Crippen LogP contribution in [0.2, 0.25) is 5.02 Å². The van der Waals surface area contributed by atoms with Gasteiger partial charge in [0.15, 0.2) is 0 Å². The van der Waals surface area contributed by atoms with Crippen molar-refractivity contribution in [2.75, 3.05) is 10.6 Å². The minimum atomic E-state index is -0.360. The molecule has 0 radical (unpaired) electrons. The Hall–Kier alpha value is -3.90. The number of carbonyl (C=O) groups excluding carboxylic acids is 2. The van der Waals surface area contributed by atoms with Crippen LogP contribution in [-0.4, -0.2) is 20.9 Å². The maximum absolute atomic E-state index is 13.3. The summed E-state index contributed by atoms with van der Waals surface area (Å²) in [6.07, 6.45) is 4.49. The van der Waals surface area contributed by atoms with Crippen LogP contribution in [0.4, 0.5) is 11.4 Å². The van der Waals surface area contributed by atoms with Crippen molar-refractivity contribution in [3.8, 4) is 6.07 Å². The molecule has 0 bridgehead atoms. The van der Waals surface area contributed by atoms with Crippen molar-refractivity contribution in [3.63, 3.8) is 0 Å². The Bertz CT molecular complexity index is 1650. The minimum Gasteiger partial charge on any atom is -0.326 e. The van der Waals surface area contributed by atoms with Crippen LogP contribution in [0.5, 0.6) is 0 Å². The predicted molar refractivity (Wildman–Crippen MR) is 154 cm³/mol. The first-order chi connectivity index (χ1) is 19.2. The third-order valence-corrected chi connectivity index (χ3v) is 8.18. The Morgan fingerprint density at radius 1 is 1.00 bits per heavy atom. The quantitative estimate of drug-likeness (QED) is 0.417. The maximum Gasteiger partial charge on any atom is 0.331 e. The molecule has 40 heavy (non-hydrogen) atoms. The summed E-state index contributed by atoms with van der Waals surface area (Å²) in [6.45, 7) is 4.24. The van der Waals surface area contributed by atoms with Gasteiger partial charge in [0, 0.05) is 35.8 Å². The molecule has 3 aromatic rings. The Kier molecular flexibility index (Phi) is 7.81. The molecule has 2 aliphatic rings. The van der Waals surface area contributed by atoms with Crippen LogP contribution in [-0.2, 0) is 16.1 Å². The van der Waals surface area contributed by atoms with Gasteiger partial charge in [0.05, 0.1) is 21.5 Å². The predicted octanol–water partition coefficient (Wildman–Crippen LogP) is 5.06. The average Bonchev–Trinajstić information content (AvgIpc) is 3.76. The van der Waals surface area contributed by atoms with Gasteiger partial charge in [0.2, 0.25) is 11.8 Å². The largest absolute Gasteiger partial charge is 0.331 e. The molecule has 2 amide bonds. The number of hydrogen-bond donors (Lipinski definition) is 2. The standard InChI is InChI=1S/C30H32ClN5O4/c1-17(2)36-26-11-10-22(13-24(26)29(39)35(30(36)40)16-18-6-7-18)33-27(37)19-4-3-5-20(12-19)28(38)34-23-9-8-21(15-32)25(31)14-23/h8-11,13-14,17-20H,3-7,12,16H2,1-2H3,(H,33,37)(H,34,38). The molecule has 2 unspecified atom stereocenters. The van der Waals surface area contributed by atoms with Crippen LogP contribution in [0.1, 0.15) is 64.0 Å². The van der Waals surface area contributed by atoms with E-state index in [1.54, 1.807) is 41.0 Å². The van der Waals surface area contributed by atoms with E-state index in [1.807, 2.05) is 19.9 Å². The molecule has 2 fully saturated rings. The van der Waals surface area contributed by atoms with Gasteiger partial charge in [-0.3, -0.25) is 23.5 Å². The van der Waals surface area contributed by atoms with Crippen LogP contribution < -0.4 is 21.9 Å². The molecule has 1 heterocycles. The zero-order chi connectivity index (χ0) is 28.6. The zero-order valence-corrected chi connectivity index (χ0v) is 23.3. The fraction of sp³-hybridized carbons (Fsp3) is 0.433. The highest BCUT2D eigenvalue weighted by atomic mass is 35.5. The summed E-state index contributed by atoms with van der Waals surface area (Å²) in [5, 5.41) is 15.5. The summed E-state index contributed by atoms with van der Waals surface area (Å²) in [5.74, 6) is -0.733. The van der Waals surface area contributed by atoms with E-state index < -0.39 is 0 Å². The van der Waals surface area contributed by atoms with Crippen molar-refractivity contribution in [2.24, 2.45) is 17.8 Å². The maximum atomic E-state index is 13.3. The fourth-order valence-corrected chi connectivity index (χ4v) is 5.74. The zero-order valence-electron chi connectivity index (χ0n) is 22.6. The number of hydrogen-bond acceptors (Lipinski definition) is 5. The van der Waals surface area contributed by atoms with E-state index in [9.17, 15) is 19.2 Å². The lowest BCUT2D eigenvalue weighted by Crippen LogP contribution is -2.41. The van der Waals surface area contributed by atoms with Gasteiger partial charge in [-0.2, -0.15) is 5.26 Å². The van der Waals surface area contributed by atoms with Gasteiger partial charge in [-0.1, -0.05) is 18.0 Å². The normalized spacial score (nSPS) is 18.9. The van der Waals surface area contributed by atoms with Crippen LogP contribution in [0.3, 0.4) is 0 Å². The van der Waals surface area contributed by atoms with Crippen LogP contribution in [0.15, 0.2) is 46.0 Å². The summed E-state index contributed by atoms with van der Waals surface area (Å²) < 4.78 is 2.97.